The Bertz CT molecular complexity index is 454. The molecule has 0 atom stereocenters. The largest absolute Gasteiger partial charge is 0.362 e. The van der Waals surface area contributed by atoms with E-state index in [1.54, 1.807) is 0 Å². The van der Waals surface area contributed by atoms with Crippen LogP contribution in [-0.2, 0) is 6.42 Å². The Morgan fingerprint density at radius 2 is 2.12 bits per heavy atom. The van der Waals surface area contributed by atoms with Crippen LogP contribution in [0.1, 0.15) is 5.82 Å². The smallest absolute Gasteiger partial charge is 0.170 e. The number of anilines is 1. The topological polar surface area (TPSA) is 65.6 Å². The summed E-state index contributed by atoms with van der Waals surface area (Å²) >= 11 is 5.16. The van der Waals surface area contributed by atoms with Crippen LogP contribution in [0, 0.1) is 0 Å². The third kappa shape index (κ3) is 3.84. The minimum absolute atomic E-state index is 0.607. The molecule has 2 rings (SSSR count). The molecule has 3 N–H and O–H groups in total. The van der Waals surface area contributed by atoms with E-state index >= 15 is 0 Å². The first-order valence-electron chi connectivity index (χ1n) is 5.29. The molecular weight excluding hydrogens is 234 g/mol. The molecule has 0 aliphatic rings. The zero-order valence-electron chi connectivity index (χ0n) is 9.18. The SMILES string of the molecule is S=C(NCCc1ncn[nH]1)Nc1ccccc1. The van der Waals surface area contributed by atoms with Crippen LogP contribution in [0.2, 0.25) is 0 Å². The van der Waals surface area contributed by atoms with E-state index in [0.29, 0.717) is 11.7 Å². The number of hydrogen-bond donors (Lipinski definition) is 3. The fourth-order valence-corrected chi connectivity index (χ4v) is 1.56. The average Bonchev–Trinajstić information content (AvgIpc) is 2.83. The zero-order chi connectivity index (χ0) is 11.9. The Morgan fingerprint density at radius 3 is 2.82 bits per heavy atom. The predicted molar refractivity (Wildman–Crippen MR) is 70.8 cm³/mol. The fourth-order valence-electron chi connectivity index (χ4n) is 1.34. The molecule has 17 heavy (non-hydrogen) atoms. The predicted octanol–water partition coefficient (Wildman–Crippen LogP) is 1.33. The highest BCUT2D eigenvalue weighted by Crippen LogP contribution is 2.04. The van der Waals surface area contributed by atoms with Crippen molar-refractivity contribution in [3.8, 4) is 0 Å². The molecule has 0 aliphatic heterocycles. The summed E-state index contributed by atoms with van der Waals surface area (Å²) in [5.74, 6) is 0.847. The monoisotopic (exact) mass is 247 g/mol. The van der Waals surface area contributed by atoms with Crippen molar-refractivity contribution in [3.63, 3.8) is 0 Å². The molecule has 0 saturated carbocycles. The molecule has 0 radical (unpaired) electrons. The maximum Gasteiger partial charge on any atom is 0.170 e. The molecule has 6 heteroatoms. The number of hydrogen-bond acceptors (Lipinski definition) is 3. The van der Waals surface area contributed by atoms with Gasteiger partial charge in [0.15, 0.2) is 5.11 Å². The van der Waals surface area contributed by atoms with E-state index in [1.807, 2.05) is 30.3 Å². The summed E-state index contributed by atoms with van der Waals surface area (Å²) in [5, 5.41) is 13.4. The minimum Gasteiger partial charge on any atom is -0.362 e. The van der Waals surface area contributed by atoms with Crippen molar-refractivity contribution in [1.82, 2.24) is 20.5 Å². The van der Waals surface area contributed by atoms with Crippen LogP contribution < -0.4 is 10.6 Å². The summed E-state index contributed by atoms with van der Waals surface area (Å²) in [6, 6.07) is 9.80. The van der Waals surface area contributed by atoms with Gasteiger partial charge in [0.2, 0.25) is 0 Å². The van der Waals surface area contributed by atoms with Gasteiger partial charge in [0.25, 0.3) is 0 Å². The summed E-state index contributed by atoms with van der Waals surface area (Å²) < 4.78 is 0. The van der Waals surface area contributed by atoms with Crippen LogP contribution >= 0.6 is 12.2 Å². The van der Waals surface area contributed by atoms with E-state index in [4.69, 9.17) is 12.2 Å². The van der Waals surface area contributed by atoms with Gasteiger partial charge in [-0.2, -0.15) is 5.10 Å². The van der Waals surface area contributed by atoms with E-state index in [1.165, 1.54) is 6.33 Å². The van der Waals surface area contributed by atoms with Crippen molar-refractivity contribution in [2.45, 2.75) is 6.42 Å². The Kier molecular flexibility index (Phi) is 4.04. The van der Waals surface area contributed by atoms with Crippen molar-refractivity contribution in [2.24, 2.45) is 0 Å². The van der Waals surface area contributed by atoms with Gasteiger partial charge >= 0.3 is 0 Å². The first kappa shape index (κ1) is 11.5. The summed E-state index contributed by atoms with van der Waals surface area (Å²) in [5.41, 5.74) is 0.977. The van der Waals surface area contributed by atoms with Crippen LogP contribution in [0.4, 0.5) is 5.69 Å². The molecule has 1 aromatic heterocycles. The molecule has 1 aromatic carbocycles. The Labute approximate surface area is 105 Å². The molecule has 0 saturated heterocycles. The normalized spacial score (nSPS) is 9.88. The highest BCUT2D eigenvalue weighted by atomic mass is 32.1. The van der Waals surface area contributed by atoms with Crippen LogP contribution in [-0.4, -0.2) is 26.8 Å². The van der Waals surface area contributed by atoms with Crippen molar-refractivity contribution in [3.05, 3.63) is 42.5 Å². The third-order valence-corrected chi connectivity index (χ3v) is 2.39. The van der Waals surface area contributed by atoms with Crippen molar-refractivity contribution in [1.29, 1.82) is 0 Å². The third-order valence-electron chi connectivity index (χ3n) is 2.14. The van der Waals surface area contributed by atoms with E-state index in [0.717, 1.165) is 17.9 Å². The number of thiocarbonyl (C=S) groups is 1. The van der Waals surface area contributed by atoms with Gasteiger partial charge in [-0.05, 0) is 24.4 Å². The van der Waals surface area contributed by atoms with E-state index in [9.17, 15) is 0 Å². The van der Waals surface area contributed by atoms with Crippen LogP contribution in [0.25, 0.3) is 0 Å². The Morgan fingerprint density at radius 1 is 1.29 bits per heavy atom. The van der Waals surface area contributed by atoms with Crippen molar-refractivity contribution >= 4 is 23.0 Å². The molecule has 88 valence electrons. The lowest BCUT2D eigenvalue weighted by Crippen LogP contribution is -2.30. The van der Waals surface area contributed by atoms with Gasteiger partial charge in [0, 0.05) is 18.7 Å². The highest BCUT2D eigenvalue weighted by Gasteiger charge is 1.98. The molecule has 1 heterocycles. The standard InChI is InChI=1S/C11H13N5S/c17-11(15-9-4-2-1-3-5-9)12-7-6-10-13-8-14-16-10/h1-5,8H,6-7H2,(H2,12,15,17)(H,13,14,16). The molecule has 0 bridgehead atoms. The van der Waals surface area contributed by atoms with E-state index < -0.39 is 0 Å². The summed E-state index contributed by atoms with van der Waals surface area (Å²) in [6.07, 6.45) is 2.26. The maximum atomic E-state index is 5.16. The second-order valence-electron chi connectivity index (χ2n) is 3.43. The lowest BCUT2D eigenvalue weighted by Gasteiger charge is -2.09. The minimum atomic E-state index is 0.607. The number of para-hydroxylation sites is 1. The number of nitrogens with zero attached hydrogens (tertiary/aromatic N) is 2. The molecule has 0 unspecified atom stereocenters. The molecule has 0 fully saturated rings. The number of benzene rings is 1. The van der Waals surface area contributed by atoms with Gasteiger partial charge in [-0.3, -0.25) is 5.10 Å². The number of H-pyrrole nitrogens is 1. The van der Waals surface area contributed by atoms with Crippen LogP contribution in [0.5, 0.6) is 0 Å². The summed E-state index contributed by atoms with van der Waals surface area (Å²) in [6.45, 7) is 0.716. The van der Waals surface area contributed by atoms with E-state index in [-0.39, 0.29) is 0 Å². The molecule has 0 spiro atoms. The zero-order valence-corrected chi connectivity index (χ0v) is 10.00. The van der Waals surface area contributed by atoms with Gasteiger partial charge in [-0.25, -0.2) is 4.98 Å². The lowest BCUT2D eigenvalue weighted by atomic mass is 10.3. The van der Waals surface area contributed by atoms with Gasteiger partial charge in [0.05, 0.1) is 0 Å². The number of aromatic amines is 1. The van der Waals surface area contributed by atoms with Gasteiger partial charge in [-0.15, -0.1) is 0 Å². The first-order valence-corrected chi connectivity index (χ1v) is 5.69. The van der Waals surface area contributed by atoms with Gasteiger partial charge in [-0.1, -0.05) is 18.2 Å². The van der Waals surface area contributed by atoms with Crippen molar-refractivity contribution in [2.75, 3.05) is 11.9 Å². The fraction of sp³-hybridized carbons (Fsp3) is 0.182. The second kappa shape index (κ2) is 5.95. The Hall–Kier alpha value is -1.95. The summed E-state index contributed by atoms with van der Waals surface area (Å²) in [7, 11) is 0. The summed E-state index contributed by atoms with van der Waals surface area (Å²) in [4.78, 5) is 4.03. The first-order chi connectivity index (χ1) is 8.34. The van der Waals surface area contributed by atoms with E-state index in [2.05, 4.69) is 25.8 Å². The number of rotatable bonds is 4. The van der Waals surface area contributed by atoms with Crippen molar-refractivity contribution < 1.29 is 0 Å². The highest BCUT2D eigenvalue weighted by molar-refractivity contribution is 7.80. The number of nitrogens with one attached hydrogen (secondary N) is 3. The average molecular weight is 247 g/mol. The lowest BCUT2D eigenvalue weighted by molar-refractivity contribution is 0.817. The molecule has 2 aromatic rings. The van der Waals surface area contributed by atoms with Gasteiger partial charge < -0.3 is 10.6 Å². The van der Waals surface area contributed by atoms with Crippen LogP contribution in [0.3, 0.4) is 0 Å². The molecule has 0 aliphatic carbocycles. The molecule has 5 nitrogen and oxygen atoms in total. The Balaban J connectivity index is 1.71. The molecular formula is C11H13N5S. The van der Waals surface area contributed by atoms with Crippen LogP contribution in [0.15, 0.2) is 36.7 Å². The number of aromatic nitrogens is 3. The quantitative estimate of drug-likeness (QED) is 0.711. The second-order valence-corrected chi connectivity index (χ2v) is 3.84. The molecule has 0 amide bonds. The maximum absolute atomic E-state index is 5.16. The van der Waals surface area contributed by atoms with Gasteiger partial charge in [0.1, 0.15) is 12.2 Å².